The van der Waals surface area contributed by atoms with Crippen molar-refractivity contribution in [1.82, 2.24) is 4.90 Å². The maximum absolute atomic E-state index is 13.4. The van der Waals surface area contributed by atoms with Crippen LogP contribution in [-0.2, 0) is 10.2 Å². The molecule has 6 rings (SSSR count). The number of Topliss-reactive ketones (excluding diaryl/α,β-unsaturated/α-hetero) is 2. The lowest BCUT2D eigenvalue weighted by Gasteiger charge is -2.61. The number of phenols is 1. The monoisotopic (exact) mass is 355 g/mol. The number of rotatable bonds is 2. The van der Waals surface area contributed by atoms with E-state index in [2.05, 4.69) is 4.90 Å². The van der Waals surface area contributed by atoms with Crippen LogP contribution in [0.25, 0.3) is 0 Å². The zero-order valence-corrected chi connectivity index (χ0v) is 14.4. The minimum absolute atomic E-state index is 0.0417. The van der Waals surface area contributed by atoms with Gasteiger partial charge >= 0.3 is 0 Å². The van der Waals surface area contributed by atoms with Crippen LogP contribution in [0.3, 0.4) is 0 Å². The SMILES string of the molecule is O=C1CC[C@]2(O)[C@@H]3C(=O)c4ccc(O)c5c4[C@]2(CCN3CC2CC2)C1O5. The van der Waals surface area contributed by atoms with E-state index in [1.54, 1.807) is 6.07 Å². The molecule has 2 heterocycles. The number of ether oxygens (including phenoxy) is 1. The van der Waals surface area contributed by atoms with Gasteiger partial charge in [-0.2, -0.15) is 0 Å². The van der Waals surface area contributed by atoms with Gasteiger partial charge in [0.05, 0.1) is 5.41 Å². The fourth-order valence-electron chi connectivity index (χ4n) is 6.10. The summed E-state index contributed by atoms with van der Waals surface area (Å²) < 4.78 is 5.93. The van der Waals surface area contributed by atoms with Crippen molar-refractivity contribution in [1.29, 1.82) is 0 Å². The summed E-state index contributed by atoms with van der Waals surface area (Å²) in [4.78, 5) is 28.3. The molecule has 3 fully saturated rings. The van der Waals surface area contributed by atoms with Crippen molar-refractivity contribution in [2.24, 2.45) is 5.92 Å². The normalized spacial score (nSPS) is 40.3. The molecule has 4 atom stereocenters. The molecule has 6 nitrogen and oxygen atoms in total. The van der Waals surface area contributed by atoms with Gasteiger partial charge in [0.1, 0.15) is 11.6 Å². The van der Waals surface area contributed by atoms with Crippen molar-refractivity contribution < 1.29 is 24.5 Å². The number of likely N-dealkylation sites (tertiary alicyclic amines) is 1. The van der Waals surface area contributed by atoms with E-state index in [4.69, 9.17) is 4.74 Å². The standard InChI is InChI=1S/C20H21NO5/c22-12-4-3-11-14-16(12)26-18-13(23)5-6-20(25)17(15(11)24)21(9-10-1-2-10)8-7-19(14,18)20/h3-4,10,17-18,22,25H,1-2,5-9H2/t17-,18?,19+,20-/m0/s1. The third-order valence-corrected chi connectivity index (χ3v) is 7.40. The summed E-state index contributed by atoms with van der Waals surface area (Å²) in [7, 11) is 0. The van der Waals surface area contributed by atoms with Crippen LogP contribution >= 0.6 is 0 Å². The van der Waals surface area contributed by atoms with Crippen LogP contribution < -0.4 is 4.74 Å². The first-order chi connectivity index (χ1) is 12.5. The van der Waals surface area contributed by atoms with Gasteiger partial charge in [0.25, 0.3) is 0 Å². The summed E-state index contributed by atoms with van der Waals surface area (Å²) >= 11 is 0. The van der Waals surface area contributed by atoms with Gasteiger partial charge in [-0.15, -0.1) is 0 Å². The van der Waals surface area contributed by atoms with Crippen molar-refractivity contribution in [3.63, 3.8) is 0 Å². The quantitative estimate of drug-likeness (QED) is 0.828. The molecule has 5 aliphatic rings. The van der Waals surface area contributed by atoms with E-state index in [1.807, 2.05) is 0 Å². The summed E-state index contributed by atoms with van der Waals surface area (Å²) in [6, 6.07) is 2.48. The zero-order chi connectivity index (χ0) is 17.8. The number of aliphatic hydroxyl groups is 1. The number of benzene rings is 1. The first kappa shape index (κ1) is 15.2. The van der Waals surface area contributed by atoms with Crippen LogP contribution in [0.15, 0.2) is 12.1 Å². The van der Waals surface area contributed by atoms with Gasteiger partial charge in [-0.25, -0.2) is 0 Å². The van der Waals surface area contributed by atoms with Crippen molar-refractivity contribution in [2.45, 2.75) is 55.3 Å². The predicted molar refractivity (Wildman–Crippen MR) is 90.4 cm³/mol. The first-order valence-electron chi connectivity index (χ1n) is 9.54. The zero-order valence-electron chi connectivity index (χ0n) is 14.4. The Bertz CT molecular complexity index is 877. The molecule has 26 heavy (non-hydrogen) atoms. The molecule has 1 saturated heterocycles. The number of hydrogen-bond acceptors (Lipinski definition) is 6. The molecule has 136 valence electrons. The highest BCUT2D eigenvalue weighted by molar-refractivity contribution is 6.07. The summed E-state index contributed by atoms with van der Waals surface area (Å²) in [6.45, 7) is 1.49. The second kappa shape index (κ2) is 4.49. The lowest BCUT2D eigenvalue weighted by Crippen LogP contribution is -2.78. The average molecular weight is 355 g/mol. The fraction of sp³-hybridized carbons (Fsp3) is 0.600. The Morgan fingerprint density at radius 3 is 2.81 bits per heavy atom. The molecule has 0 radical (unpaired) electrons. The van der Waals surface area contributed by atoms with E-state index in [1.165, 1.54) is 18.9 Å². The van der Waals surface area contributed by atoms with Crippen molar-refractivity contribution in [3.05, 3.63) is 23.3 Å². The Kier molecular flexibility index (Phi) is 2.62. The van der Waals surface area contributed by atoms with Gasteiger partial charge in [0.2, 0.25) is 0 Å². The van der Waals surface area contributed by atoms with E-state index in [0.29, 0.717) is 30.0 Å². The predicted octanol–water partition coefficient (Wildman–Crippen LogP) is 1.17. The first-order valence-corrected chi connectivity index (χ1v) is 9.54. The molecule has 1 unspecified atom stereocenters. The average Bonchev–Trinajstić information content (AvgIpc) is 3.35. The molecular weight excluding hydrogens is 334 g/mol. The van der Waals surface area contributed by atoms with Gasteiger partial charge in [-0.1, -0.05) is 0 Å². The number of carbonyl (C=O) groups is 2. The van der Waals surface area contributed by atoms with Gasteiger partial charge in [0.15, 0.2) is 29.2 Å². The molecule has 2 N–H and O–H groups in total. The molecular formula is C20H21NO5. The third kappa shape index (κ3) is 1.49. The maximum atomic E-state index is 13.4. The maximum Gasteiger partial charge on any atom is 0.183 e. The molecule has 2 bridgehead atoms. The highest BCUT2D eigenvalue weighted by Gasteiger charge is 2.75. The van der Waals surface area contributed by atoms with E-state index >= 15 is 0 Å². The van der Waals surface area contributed by atoms with Gasteiger partial charge in [0, 0.05) is 30.6 Å². The Morgan fingerprint density at radius 2 is 2.04 bits per heavy atom. The van der Waals surface area contributed by atoms with Crippen LogP contribution in [0.4, 0.5) is 0 Å². The van der Waals surface area contributed by atoms with Crippen LogP contribution in [-0.4, -0.2) is 57.5 Å². The molecule has 1 aromatic rings. The lowest BCUT2D eigenvalue weighted by atomic mass is 9.48. The number of hydrogen-bond donors (Lipinski definition) is 2. The smallest absolute Gasteiger partial charge is 0.183 e. The van der Waals surface area contributed by atoms with Crippen molar-refractivity contribution in [3.8, 4) is 11.5 Å². The highest BCUT2D eigenvalue weighted by atomic mass is 16.5. The van der Waals surface area contributed by atoms with Crippen LogP contribution in [0.1, 0.15) is 48.0 Å². The number of nitrogens with zero attached hydrogens (tertiary/aromatic N) is 1. The van der Waals surface area contributed by atoms with Gasteiger partial charge < -0.3 is 14.9 Å². The largest absolute Gasteiger partial charge is 0.504 e. The van der Waals surface area contributed by atoms with Crippen molar-refractivity contribution >= 4 is 11.6 Å². The Labute approximate surface area is 150 Å². The van der Waals surface area contributed by atoms with E-state index in [0.717, 1.165) is 6.54 Å². The fourth-order valence-corrected chi connectivity index (χ4v) is 6.10. The highest BCUT2D eigenvalue weighted by Crippen LogP contribution is 2.64. The summed E-state index contributed by atoms with van der Waals surface area (Å²) in [6.07, 6.45) is 2.60. The molecule has 0 aromatic heterocycles. The van der Waals surface area contributed by atoms with Gasteiger partial charge in [-0.05, 0) is 43.7 Å². The number of aromatic hydroxyl groups is 1. The third-order valence-electron chi connectivity index (χ3n) is 7.40. The van der Waals surface area contributed by atoms with Crippen LogP contribution in [0.5, 0.6) is 11.5 Å². The summed E-state index contributed by atoms with van der Waals surface area (Å²) in [5.74, 6) is 0.634. The molecule has 3 aliphatic carbocycles. The van der Waals surface area contributed by atoms with E-state index in [-0.39, 0.29) is 35.9 Å². The van der Waals surface area contributed by atoms with Gasteiger partial charge in [-0.3, -0.25) is 14.5 Å². The molecule has 2 saturated carbocycles. The Morgan fingerprint density at radius 1 is 1.23 bits per heavy atom. The second-order valence-electron chi connectivity index (χ2n) is 8.65. The van der Waals surface area contributed by atoms with Crippen molar-refractivity contribution in [2.75, 3.05) is 13.1 Å². The van der Waals surface area contributed by atoms with E-state index < -0.39 is 23.2 Å². The molecule has 2 aliphatic heterocycles. The number of piperidine rings is 1. The van der Waals surface area contributed by atoms with Crippen LogP contribution in [0, 0.1) is 5.92 Å². The number of ketones is 2. The Hall–Kier alpha value is -1.92. The molecule has 1 aromatic carbocycles. The van der Waals surface area contributed by atoms with Crippen LogP contribution in [0.2, 0.25) is 0 Å². The Balaban J connectivity index is 1.63. The minimum Gasteiger partial charge on any atom is -0.504 e. The number of phenolic OH excluding ortho intramolecular Hbond substituents is 1. The topological polar surface area (TPSA) is 87.1 Å². The van der Waals surface area contributed by atoms with E-state index in [9.17, 15) is 19.8 Å². The minimum atomic E-state index is -1.32. The second-order valence-corrected chi connectivity index (χ2v) is 8.65. The lowest BCUT2D eigenvalue weighted by molar-refractivity contribution is -0.178. The molecule has 1 spiro atoms. The molecule has 0 amide bonds. The summed E-state index contributed by atoms with van der Waals surface area (Å²) in [5, 5.41) is 22.2. The number of carbonyl (C=O) groups excluding carboxylic acids is 2. The summed E-state index contributed by atoms with van der Waals surface area (Å²) in [5.41, 5.74) is -1.15. The molecule has 6 heteroatoms.